The van der Waals surface area contributed by atoms with Crippen LogP contribution < -0.4 is 20.1 Å². The summed E-state index contributed by atoms with van der Waals surface area (Å²) >= 11 is 5.40. The molecule has 1 heterocycles. The van der Waals surface area contributed by atoms with Crippen molar-refractivity contribution in [1.29, 1.82) is 0 Å². The van der Waals surface area contributed by atoms with Crippen LogP contribution in [-0.2, 0) is 19.4 Å². The smallest absolute Gasteiger partial charge is 0.166 e. The second kappa shape index (κ2) is 8.90. The third-order valence-electron chi connectivity index (χ3n) is 4.36. The van der Waals surface area contributed by atoms with E-state index in [1.165, 1.54) is 11.1 Å². The summed E-state index contributed by atoms with van der Waals surface area (Å²) in [6.45, 7) is 6.14. The molecule has 1 atom stereocenters. The van der Waals surface area contributed by atoms with Crippen LogP contribution in [0.15, 0.2) is 42.5 Å². The molecule has 2 N–H and O–H groups in total. The maximum Gasteiger partial charge on any atom is 0.166 e. The highest BCUT2D eigenvalue weighted by molar-refractivity contribution is 7.80. The summed E-state index contributed by atoms with van der Waals surface area (Å²) in [5.74, 6) is 1.87. The van der Waals surface area contributed by atoms with Crippen molar-refractivity contribution in [2.45, 2.75) is 39.3 Å². The Morgan fingerprint density at radius 3 is 2.81 bits per heavy atom. The second-order valence-corrected chi connectivity index (χ2v) is 6.89. The Kier molecular flexibility index (Phi) is 6.34. The van der Waals surface area contributed by atoms with Crippen LogP contribution in [0, 0.1) is 0 Å². The Bertz CT molecular complexity index is 749. The fraction of sp³-hybridized carbons (Fsp3) is 0.381. The van der Waals surface area contributed by atoms with Crippen molar-refractivity contribution in [3.8, 4) is 11.5 Å². The van der Waals surface area contributed by atoms with Crippen molar-refractivity contribution in [2.24, 2.45) is 0 Å². The predicted molar refractivity (Wildman–Crippen MR) is 109 cm³/mol. The maximum atomic E-state index is 5.87. The molecule has 0 unspecified atom stereocenters. The number of hydrogen-bond acceptors (Lipinski definition) is 3. The van der Waals surface area contributed by atoms with E-state index in [-0.39, 0.29) is 6.10 Å². The van der Waals surface area contributed by atoms with Gasteiger partial charge in [0.25, 0.3) is 0 Å². The lowest BCUT2D eigenvalue weighted by atomic mass is 10.1. The number of ether oxygens (including phenoxy) is 2. The Balaban J connectivity index is 1.53. The van der Waals surface area contributed by atoms with Crippen LogP contribution in [0.5, 0.6) is 11.5 Å². The molecule has 0 amide bonds. The van der Waals surface area contributed by atoms with Crippen LogP contribution in [0.3, 0.4) is 0 Å². The Morgan fingerprint density at radius 2 is 2.04 bits per heavy atom. The fourth-order valence-corrected chi connectivity index (χ4v) is 3.29. The minimum Gasteiger partial charge on any atom is -0.494 e. The van der Waals surface area contributed by atoms with E-state index >= 15 is 0 Å². The van der Waals surface area contributed by atoms with Gasteiger partial charge >= 0.3 is 0 Å². The molecule has 0 radical (unpaired) electrons. The summed E-state index contributed by atoms with van der Waals surface area (Å²) in [7, 11) is 0. The molecule has 0 fully saturated rings. The number of hydrogen-bond donors (Lipinski definition) is 2. The molecule has 0 aromatic heterocycles. The van der Waals surface area contributed by atoms with Gasteiger partial charge in [0.15, 0.2) is 5.11 Å². The van der Waals surface area contributed by atoms with Gasteiger partial charge in [0.1, 0.15) is 17.6 Å². The third-order valence-corrected chi connectivity index (χ3v) is 4.65. The molecule has 0 bridgehead atoms. The number of benzene rings is 2. The van der Waals surface area contributed by atoms with Gasteiger partial charge in [-0.15, -0.1) is 0 Å². The van der Waals surface area contributed by atoms with Crippen LogP contribution in [0.25, 0.3) is 0 Å². The molecule has 26 heavy (non-hydrogen) atoms. The van der Waals surface area contributed by atoms with Gasteiger partial charge in [-0.2, -0.15) is 0 Å². The topological polar surface area (TPSA) is 42.5 Å². The molecule has 0 aliphatic carbocycles. The van der Waals surface area contributed by atoms with Crippen molar-refractivity contribution in [3.05, 3.63) is 59.2 Å². The van der Waals surface area contributed by atoms with Crippen molar-refractivity contribution >= 4 is 17.3 Å². The zero-order valence-corrected chi connectivity index (χ0v) is 16.2. The molecule has 1 aliphatic rings. The fourth-order valence-electron chi connectivity index (χ4n) is 3.11. The van der Waals surface area contributed by atoms with Gasteiger partial charge in [-0.25, -0.2) is 0 Å². The van der Waals surface area contributed by atoms with Crippen LogP contribution in [0.1, 0.15) is 30.5 Å². The summed E-state index contributed by atoms with van der Waals surface area (Å²) in [6.07, 6.45) is 2.10. The number of nitrogens with one attached hydrogen (secondary N) is 2. The van der Waals surface area contributed by atoms with E-state index < -0.39 is 0 Å². The zero-order valence-electron chi connectivity index (χ0n) is 15.4. The first-order valence-corrected chi connectivity index (χ1v) is 9.57. The normalized spacial score (nSPS) is 15.1. The van der Waals surface area contributed by atoms with Gasteiger partial charge in [0, 0.05) is 30.6 Å². The molecule has 2 aromatic carbocycles. The molecule has 5 heteroatoms. The summed E-state index contributed by atoms with van der Waals surface area (Å²) in [5.41, 5.74) is 3.58. The molecule has 2 aromatic rings. The minimum atomic E-state index is 0.225. The first-order valence-electron chi connectivity index (χ1n) is 9.16. The van der Waals surface area contributed by atoms with Gasteiger partial charge in [-0.1, -0.05) is 30.3 Å². The number of rotatable bonds is 7. The van der Waals surface area contributed by atoms with Gasteiger partial charge in [0.2, 0.25) is 0 Å². The van der Waals surface area contributed by atoms with E-state index in [1.807, 2.05) is 13.0 Å². The van der Waals surface area contributed by atoms with Gasteiger partial charge in [-0.3, -0.25) is 0 Å². The van der Waals surface area contributed by atoms with Gasteiger partial charge < -0.3 is 20.1 Å². The third kappa shape index (κ3) is 4.88. The largest absolute Gasteiger partial charge is 0.494 e. The lowest BCUT2D eigenvalue weighted by molar-refractivity contribution is 0.254. The molecular formula is C21H26N2O2S. The molecule has 138 valence electrons. The van der Waals surface area contributed by atoms with Crippen LogP contribution >= 0.6 is 12.2 Å². The van der Waals surface area contributed by atoms with Gasteiger partial charge in [-0.05, 0) is 50.2 Å². The number of thiocarbonyl (C=S) groups is 1. The summed E-state index contributed by atoms with van der Waals surface area (Å²) in [4.78, 5) is 0. The van der Waals surface area contributed by atoms with Crippen LogP contribution in [-0.4, -0.2) is 24.4 Å². The maximum absolute atomic E-state index is 5.87. The lowest BCUT2D eigenvalue weighted by Crippen LogP contribution is -2.36. The molecule has 4 nitrogen and oxygen atoms in total. The molecule has 3 rings (SSSR count). The van der Waals surface area contributed by atoms with Gasteiger partial charge in [0.05, 0.1) is 6.61 Å². The van der Waals surface area contributed by atoms with E-state index in [9.17, 15) is 0 Å². The van der Waals surface area contributed by atoms with Crippen molar-refractivity contribution in [3.63, 3.8) is 0 Å². The molecule has 0 spiro atoms. The first kappa shape index (κ1) is 18.5. The molecule has 0 saturated heterocycles. The van der Waals surface area contributed by atoms with E-state index in [0.29, 0.717) is 18.3 Å². The first-order chi connectivity index (χ1) is 12.7. The molecular weight excluding hydrogens is 344 g/mol. The van der Waals surface area contributed by atoms with Crippen LogP contribution in [0.2, 0.25) is 0 Å². The quantitative estimate of drug-likeness (QED) is 0.729. The Labute approximate surface area is 160 Å². The van der Waals surface area contributed by atoms with E-state index in [2.05, 4.69) is 54.0 Å². The highest BCUT2D eigenvalue weighted by atomic mass is 32.1. The summed E-state index contributed by atoms with van der Waals surface area (Å²) < 4.78 is 11.7. The van der Waals surface area contributed by atoms with E-state index in [4.69, 9.17) is 21.7 Å². The van der Waals surface area contributed by atoms with Crippen molar-refractivity contribution in [2.75, 3.05) is 13.2 Å². The van der Waals surface area contributed by atoms with Crippen molar-refractivity contribution in [1.82, 2.24) is 10.6 Å². The van der Waals surface area contributed by atoms with Crippen LogP contribution in [0.4, 0.5) is 0 Å². The molecule has 1 aliphatic heterocycles. The average Bonchev–Trinajstić information content (AvgIpc) is 3.00. The van der Waals surface area contributed by atoms with E-state index in [1.54, 1.807) is 0 Å². The summed E-state index contributed by atoms with van der Waals surface area (Å²) in [5, 5.41) is 7.18. The number of fused-ring (bicyclic) bond motifs is 1. The monoisotopic (exact) mass is 370 g/mol. The van der Waals surface area contributed by atoms with Crippen molar-refractivity contribution < 1.29 is 9.47 Å². The Hall–Kier alpha value is -2.27. The Morgan fingerprint density at radius 1 is 1.23 bits per heavy atom. The zero-order chi connectivity index (χ0) is 18.4. The molecule has 0 saturated carbocycles. The SMILES string of the molecule is CCOc1cc2c(cc1CNC(=S)NCCc1ccccc1)O[C@@H](C)C2. The highest BCUT2D eigenvalue weighted by Crippen LogP contribution is 2.35. The standard InChI is InChI=1S/C21H26N2O2S/c1-3-24-19-12-17-11-15(2)25-20(17)13-18(19)14-23-21(26)22-10-9-16-7-5-4-6-8-16/h4-8,12-13,15H,3,9-11,14H2,1-2H3,(H2,22,23,26)/t15-/m0/s1. The van der Waals surface area contributed by atoms with E-state index in [0.717, 1.165) is 36.4 Å². The summed E-state index contributed by atoms with van der Waals surface area (Å²) in [6, 6.07) is 14.6. The second-order valence-electron chi connectivity index (χ2n) is 6.48. The lowest BCUT2D eigenvalue weighted by Gasteiger charge is -2.15. The predicted octanol–water partition coefficient (Wildman–Crippen LogP) is 3.62. The highest BCUT2D eigenvalue weighted by Gasteiger charge is 2.21. The average molecular weight is 371 g/mol. The minimum absolute atomic E-state index is 0.225.